The van der Waals surface area contributed by atoms with E-state index >= 15 is 0 Å². The molecular weight excluding hydrogens is 226 g/mol. The van der Waals surface area contributed by atoms with Gasteiger partial charge in [0, 0.05) is 11.3 Å². The molecule has 88 valence electrons. The molecule has 18 heavy (non-hydrogen) atoms. The fraction of sp³-hybridized carbons (Fsp3) is 0. The molecule has 2 aromatic rings. The predicted molar refractivity (Wildman–Crippen MR) is 69.4 cm³/mol. The number of nitrogens with one attached hydrogen (secondary N) is 1. The van der Waals surface area contributed by atoms with Crippen LogP contribution in [0.15, 0.2) is 48.5 Å². The van der Waals surface area contributed by atoms with Gasteiger partial charge in [-0.05, 0) is 36.4 Å². The number of anilines is 2. The van der Waals surface area contributed by atoms with E-state index in [4.69, 9.17) is 11.0 Å². The highest BCUT2D eigenvalue weighted by Crippen LogP contribution is 2.20. The summed E-state index contributed by atoms with van der Waals surface area (Å²) in [7, 11) is 0. The maximum Gasteiger partial charge on any atom is 0.248 e. The van der Waals surface area contributed by atoms with Crippen LogP contribution in [0.4, 0.5) is 11.4 Å². The number of hydrogen-bond acceptors (Lipinski definition) is 3. The van der Waals surface area contributed by atoms with E-state index in [1.807, 2.05) is 12.1 Å². The number of benzene rings is 2. The number of amides is 1. The number of hydrogen-bond donors (Lipinski definition) is 2. The van der Waals surface area contributed by atoms with Crippen molar-refractivity contribution < 1.29 is 4.79 Å². The third kappa shape index (κ3) is 2.47. The van der Waals surface area contributed by atoms with Gasteiger partial charge in [0.15, 0.2) is 0 Å². The zero-order valence-electron chi connectivity index (χ0n) is 9.55. The van der Waals surface area contributed by atoms with Crippen LogP contribution < -0.4 is 11.1 Å². The van der Waals surface area contributed by atoms with Gasteiger partial charge in [-0.1, -0.05) is 12.1 Å². The van der Waals surface area contributed by atoms with Gasteiger partial charge in [-0.3, -0.25) is 4.79 Å². The van der Waals surface area contributed by atoms with Crippen molar-refractivity contribution in [1.29, 1.82) is 5.26 Å². The van der Waals surface area contributed by atoms with Crippen molar-refractivity contribution in [2.45, 2.75) is 0 Å². The summed E-state index contributed by atoms with van der Waals surface area (Å²) in [4.78, 5) is 10.9. The van der Waals surface area contributed by atoms with Crippen LogP contribution in [-0.2, 0) is 0 Å². The highest BCUT2D eigenvalue weighted by molar-refractivity contribution is 5.93. The van der Waals surface area contributed by atoms with Gasteiger partial charge in [0.25, 0.3) is 0 Å². The zero-order chi connectivity index (χ0) is 13.0. The SMILES string of the molecule is N#Cc1ccccc1Nc1ccc(C(N)=O)cc1. The average molecular weight is 237 g/mol. The Morgan fingerprint density at radius 3 is 2.39 bits per heavy atom. The Morgan fingerprint density at radius 2 is 1.78 bits per heavy atom. The summed E-state index contributed by atoms with van der Waals surface area (Å²) < 4.78 is 0. The summed E-state index contributed by atoms with van der Waals surface area (Å²) in [5.41, 5.74) is 7.70. The normalized spacial score (nSPS) is 9.50. The van der Waals surface area contributed by atoms with Crippen LogP contribution in [0, 0.1) is 11.3 Å². The molecule has 0 saturated heterocycles. The average Bonchev–Trinajstić information content (AvgIpc) is 2.40. The lowest BCUT2D eigenvalue weighted by Gasteiger charge is -2.08. The van der Waals surface area contributed by atoms with Crippen molar-refractivity contribution in [2.75, 3.05) is 5.32 Å². The van der Waals surface area contributed by atoms with E-state index in [1.165, 1.54) is 0 Å². The number of para-hydroxylation sites is 1. The van der Waals surface area contributed by atoms with Crippen LogP contribution in [0.2, 0.25) is 0 Å². The third-order valence-corrected chi connectivity index (χ3v) is 2.50. The standard InChI is InChI=1S/C14H11N3O/c15-9-11-3-1-2-4-13(11)17-12-7-5-10(6-8-12)14(16)18/h1-8,17H,(H2,16,18). The summed E-state index contributed by atoms with van der Waals surface area (Å²) in [6.45, 7) is 0. The first-order chi connectivity index (χ1) is 8.70. The molecule has 0 spiro atoms. The molecule has 3 N–H and O–H groups in total. The molecule has 0 aliphatic rings. The monoisotopic (exact) mass is 237 g/mol. The lowest BCUT2D eigenvalue weighted by Crippen LogP contribution is -2.10. The van der Waals surface area contributed by atoms with E-state index in [0.29, 0.717) is 11.1 Å². The quantitative estimate of drug-likeness (QED) is 0.860. The van der Waals surface area contributed by atoms with Gasteiger partial charge in [-0.15, -0.1) is 0 Å². The maximum atomic E-state index is 10.9. The molecule has 0 aromatic heterocycles. The lowest BCUT2D eigenvalue weighted by molar-refractivity contribution is 0.100. The molecule has 0 radical (unpaired) electrons. The van der Waals surface area contributed by atoms with Crippen LogP contribution in [0.5, 0.6) is 0 Å². The molecular formula is C14H11N3O. The first-order valence-electron chi connectivity index (χ1n) is 5.37. The third-order valence-electron chi connectivity index (χ3n) is 2.50. The van der Waals surface area contributed by atoms with E-state index < -0.39 is 5.91 Å². The molecule has 0 bridgehead atoms. The van der Waals surface area contributed by atoms with Gasteiger partial charge in [0.1, 0.15) is 6.07 Å². The van der Waals surface area contributed by atoms with Crippen molar-refractivity contribution in [2.24, 2.45) is 5.73 Å². The van der Waals surface area contributed by atoms with Gasteiger partial charge in [-0.25, -0.2) is 0 Å². The van der Waals surface area contributed by atoms with E-state index in [-0.39, 0.29) is 0 Å². The van der Waals surface area contributed by atoms with Gasteiger partial charge < -0.3 is 11.1 Å². The summed E-state index contributed by atoms with van der Waals surface area (Å²) in [6.07, 6.45) is 0. The Morgan fingerprint density at radius 1 is 1.11 bits per heavy atom. The number of rotatable bonds is 3. The number of carbonyl (C=O) groups excluding carboxylic acids is 1. The molecule has 2 aromatic carbocycles. The maximum absolute atomic E-state index is 10.9. The molecule has 0 fully saturated rings. The minimum absolute atomic E-state index is 0.453. The minimum Gasteiger partial charge on any atom is -0.366 e. The molecule has 0 aliphatic carbocycles. The second kappa shape index (κ2) is 5.02. The Hall–Kier alpha value is -2.80. The van der Waals surface area contributed by atoms with E-state index in [2.05, 4.69) is 11.4 Å². The van der Waals surface area contributed by atoms with E-state index in [1.54, 1.807) is 36.4 Å². The van der Waals surface area contributed by atoms with E-state index in [0.717, 1.165) is 11.4 Å². The molecule has 0 atom stereocenters. The second-order valence-corrected chi connectivity index (χ2v) is 3.72. The van der Waals surface area contributed by atoms with Gasteiger partial charge in [-0.2, -0.15) is 5.26 Å². The molecule has 1 amide bonds. The number of primary amides is 1. The summed E-state index contributed by atoms with van der Waals surface area (Å²) in [5.74, 6) is -0.459. The predicted octanol–water partition coefficient (Wildman–Crippen LogP) is 2.40. The van der Waals surface area contributed by atoms with Gasteiger partial charge in [0.05, 0.1) is 11.3 Å². The molecule has 4 heteroatoms. The Bertz CT molecular complexity index is 612. The first kappa shape index (κ1) is 11.7. The Labute approximate surface area is 105 Å². The van der Waals surface area contributed by atoms with Crippen molar-refractivity contribution in [1.82, 2.24) is 0 Å². The van der Waals surface area contributed by atoms with Crippen molar-refractivity contribution in [3.63, 3.8) is 0 Å². The van der Waals surface area contributed by atoms with Crippen LogP contribution >= 0.6 is 0 Å². The number of nitrogens with zero attached hydrogens (tertiary/aromatic N) is 1. The summed E-state index contributed by atoms with van der Waals surface area (Å²) >= 11 is 0. The molecule has 0 unspecified atom stereocenters. The molecule has 0 heterocycles. The molecule has 0 aliphatic heterocycles. The van der Waals surface area contributed by atoms with Crippen molar-refractivity contribution >= 4 is 17.3 Å². The number of carbonyl (C=O) groups is 1. The number of nitrogens with two attached hydrogens (primary N) is 1. The van der Waals surface area contributed by atoms with Crippen LogP contribution in [0.25, 0.3) is 0 Å². The highest BCUT2D eigenvalue weighted by Gasteiger charge is 2.02. The Kier molecular flexibility index (Phi) is 3.26. The molecule has 4 nitrogen and oxygen atoms in total. The fourth-order valence-electron chi connectivity index (χ4n) is 1.56. The first-order valence-corrected chi connectivity index (χ1v) is 5.37. The Balaban J connectivity index is 2.24. The van der Waals surface area contributed by atoms with Gasteiger partial charge >= 0.3 is 0 Å². The van der Waals surface area contributed by atoms with Crippen LogP contribution in [-0.4, -0.2) is 5.91 Å². The minimum atomic E-state index is -0.459. The number of nitriles is 1. The van der Waals surface area contributed by atoms with Crippen LogP contribution in [0.3, 0.4) is 0 Å². The van der Waals surface area contributed by atoms with E-state index in [9.17, 15) is 4.79 Å². The largest absolute Gasteiger partial charge is 0.366 e. The topological polar surface area (TPSA) is 78.9 Å². The van der Waals surface area contributed by atoms with Gasteiger partial charge in [0.2, 0.25) is 5.91 Å². The highest BCUT2D eigenvalue weighted by atomic mass is 16.1. The molecule has 0 saturated carbocycles. The second-order valence-electron chi connectivity index (χ2n) is 3.72. The smallest absolute Gasteiger partial charge is 0.248 e. The molecule has 2 rings (SSSR count). The fourth-order valence-corrected chi connectivity index (χ4v) is 1.56. The summed E-state index contributed by atoms with van der Waals surface area (Å²) in [6, 6.07) is 16.1. The zero-order valence-corrected chi connectivity index (χ0v) is 9.55. The van der Waals surface area contributed by atoms with Crippen LogP contribution in [0.1, 0.15) is 15.9 Å². The summed E-state index contributed by atoms with van der Waals surface area (Å²) in [5, 5.41) is 12.1. The van der Waals surface area contributed by atoms with Crippen molar-refractivity contribution in [3.05, 3.63) is 59.7 Å². The lowest BCUT2D eigenvalue weighted by atomic mass is 10.1. The van der Waals surface area contributed by atoms with Crippen molar-refractivity contribution in [3.8, 4) is 6.07 Å².